The Morgan fingerprint density at radius 2 is 1.16 bits per heavy atom. The van der Waals surface area contributed by atoms with Crippen molar-refractivity contribution in [2.24, 2.45) is 0 Å². The molecule has 0 saturated heterocycles. The molecule has 0 radical (unpaired) electrons. The van der Waals surface area contributed by atoms with E-state index in [0.29, 0.717) is 6.42 Å². The molecule has 1 unspecified atom stereocenters. The van der Waals surface area contributed by atoms with Crippen molar-refractivity contribution in [1.82, 2.24) is 9.80 Å². The van der Waals surface area contributed by atoms with Crippen molar-refractivity contribution in [2.75, 3.05) is 27.3 Å². The first-order valence-electron chi connectivity index (χ1n) is 13.4. The molecule has 6 heteroatoms. The van der Waals surface area contributed by atoms with Crippen LogP contribution in [0.15, 0.2) is 91.0 Å². The molecule has 5 nitrogen and oxygen atoms in total. The Balaban J connectivity index is 1.89. The van der Waals surface area contributed by atoms with Gasteiger partial charge in [0.15, 0.2) is 0 Å². The Bertz CT molecular complexity index is 1060. The average Bonchev–Trinajstić information content (AvgIpc) is 2.91. The molecule has 0 fully saturated rings. The number of benzene rings is 3. The molecule has 0 N–H and O–H groups in total. The molecular weight excluding hydrogens is 491 g/mol. The number of rotatable bonds is 10. The van der Waals surface area contributed by atoms with E-state index >= 15 is 0 Å². The number of likely N-dealkylation sites (N-methyl/N-ethyl adjacent to an activating group) is 2. The van der Waals surface area contributed by atoms with Crippen molar-refractivity contribution in [1.29, 1.82) is 0 Å². The van der Waals surface area contributed by atoms with Gasteiger partial charge in [0, 0.05) is 0 Å². The van der Waals surface area contributed by atoms with Gasteiger partial charge in [-0.2, -0.15) is 0 Å². The maximum atomic E-state index is 13.1. The van der Waals surface area contributed by atoms with E-state index in [1.54, 1.807) is 26.0 Å². The van der Waals surface area contributed by atoms with E-state index in [-0.39, 0.29) is 5.91 Å². The second kappa shape index (κ2) is 13.1. The Morgan fingerprint density at radius 1 is 0.737 bits per heavy atom. The molecule has 204 valence electrons. The Morgan fingerprint density at radius 3 is 1.53 bits per heavy atom. The zero-order valence-corrected chi connectivity index (χ0v) is 24.7. The van der Waals surface area contributed by atoms with Gasteiger partial charge in [-0.1, -0.05) is 0 Å². The van der Waals surface area contributed by atoms with Crippen molar-refractivity contribution in [3.8, 4) is 0 Å². The van der Waals surface area contributed by atoms with Gasteiger partial charge >= 0.3 is 229 Å². The molecule has 1 atom stereocenters. The summed E-state index contributed by atoms with van der Waals surface area (Å²) in [5, 5.41) is 4.14. The summed E-state index contributed by atoms with van der Waals surface area (Å²) < 4.78 is 5.57. The summed E-state index contributed by atoms with van der Waals surface area (Å²) >= 11 is 0. The molecule has 0 spiro atoms. The van der Waals surface area contributed by atoms with Gasteiger partial charge in [-0.15, -0.1) is 0 Å². The van der Waals surface area contributed by atoms with Crippen LogP contribution in [0.25, 0.3) is 0 Å². The fourth-order valence-electron chi connectivity index (χ4n) is 5.07. The number of carbonyl (C=O) groups is 2. The van der Waals surface area contributed by atoms with Gasteiger partial charge in [0.2, 0.25) is 0 Å². The molecule has 0 bridgehead atoms. The SMILES string of the molecule is CN(C)C(=O)C(CCCC[PH](c1ccccc1)(c1ccccc1)c1ccccc1)N(C)C(=O)OC(C)(C)C. The topological polar surface area (TPSA) is 49.9 Å². The van der Waals surface area contributed by atoms with E-state index in [1.807, 2.05) is 20.8 Å². The fraction of sp³-hybridized carbons (Fsp3) is 0.375. The van der Waals surface area contributed by atoms with Crippen LogP contribution < -0.4 is 15.9 Å². The molecule has 38 heavy (non-hydrogen) atoms. The Kier molecular flexibility index (Phi) is 10.1. The van der Waals surface area contributed by atoms with Gasteiger partial charge in [-0.25, -0.2) is 0 Å². The van der Waals surface area contributed by atoms with Gasteiger partial charge in [0.1, 0.15) is 0 Å². The third kappa shape index (κ3) is 7.23. The third-order valence-corrected chi connectivity index (χ3v) is 12.0. The molecule has 2 amide bonds. The van der Waals surface area contributed by atoms with E-state index < -0.39 is 25.0 Å². The van der Waals surface area contributed by atoms with Crippen LogP contribution in [0.3, 0.4) is 0 Å². The molecular formula is C32H43N2O3P. The number of hydrogen-bond donors (Lipinski definition) is 0. The zero-order valence-electron chi connectivity index (χ0n) is 23.7. The normalized spacial score (nSPS) is 12.9. The standard InChI is InChI=1S/C32H43N2O3P/c1-32(2,3)37-31(36)34(6)29(30(35)33(4)5)24-16-17-25-38(26-18-10-7-11-19-26,27-20-12-8-13-21-27)28-22-14-9-15-23-28/h7-15,18-23,29,38H,16-17,24-25H2,1-6H3. The summed E-state index contributed by atoms with van der Waals surface area (Å²) in [6.07, 6.45) is 2.86. The Hall–Kier alpha value is -3.17. The summed E-state index contributed by atoms with van der Waals surface area (Å²) in [4.78, 5) is 28.9. The third-order valence-electron chi connectivity index (χ3n) is 6.95. The van der Waals surface area contributed by atoms with Crippen LogP contribution in [-0.2, 0) is 9.53 Å². The van der Waals surface area contributed by atoms with Crippen LogP contribution in [-0.4, -0.2) is 60.7 Å². The number of unbranched alkanes of at least 4 members (excludes halogenated alkanes) is 1. The quantitative estimate of drug-likeness (QED) is 0.265. The average molecular weight is 535 g/mol. The van der Waals surface area contributed by atoms with Crippen LogP contribution in [0, 0.1) is 0 Å². The first kappa shape index (κ1) is 29.4. The first-order chi connectivity index (χ1) is 18.1. The molecule has 0 aliphatic heterocycles. The summed E-state index contributed by atoms with van der Waals surface area (Å²) in [5.41, 5.74) is -0.622. The molecule has 0 aliphatic carbocycles. The number of ether oxygens (including phenoxy) is 1. The molecule has 3 aromatic rings. The summed E-state index contributed by atoms with van der Waals surface area (Å²) in [5.74, 6) is -0.0870. The summed E-state index contributed by atoms with van der Waals surface area (Å²) in [6.45, 7) is 5.51. The van der Waals surface area contributed by atoms with Crippen molar-refractivity contribution in [3.05, 3.63) is 91.0 Å². The molecule has 0 heterocycles. The van der Waals surface area contributed by atoms with E-state index in [2.05, 4.69) is 91.0 Å². The molecule has 0 saturated carbocycles. The monoisotopic (exact) mass is 534 g/mol. The van der Waals surface area contributed by atoms with E-state index in [0.717, 1.165) is 19.0 Å². The molecule has 0 aliphatic rings. The fourth-order valence-corrected chi connectivity index (χ4v) is 10.0. The summed E-state index contributed by atoms with van der Waals surface area (Å²) in [6, 6.07) is 32.0. The van der Waals surface area contributed by atoms with Crippen molar-refractivity contribution < 1.29 is 14.3 Å². The summed E-state index contributed by atoms with van der Waals surface area (Å²) in [7, 11) is 2.80. The van der Waals surface area contributed by atoms with Crippen LogP contribution in [0.4, 0.5) is 4.79 Å². The van der Waals surface area contributed by atoms with E-state index in [9.17, 15) is 9.59 Å². The number of carbonyl (C=O) groups excluding carboxylic acids is 2. The van der Waals surface area contributed by atoms with E-state index in [4.69, 9.17) is 4.74 Å². The van der Waals surface area contributed by atoms with Crippen LogP contribution in [0.5, 0.6) is 0 Å². The minimum atomic E-state index is -2.33. The predicted octanol–water partition coefficient (Wildman–Crippen LogP) is 5.21. The zero-order chi connectivity index (χ0) is 27.8. The van der Waals surface area contributed by atoms with Gasteiger partial charge in [0.05, 0.1) is 0 Å². The van der Waals surface area contributed by atoms with Gasteiger partial charge in [-0.05, 0) is 0 Å². The van der Waals surface area contributed by atoms with Crippen LogP contribution >= 0.6 is 7.26 Å². The first-order valence-corrected chi connectivity index (χ1v) is 15.6. The predicted molar refractivity (Wildman–Crippen MR) is 162 cm³/mol. The molecule has 3 rings (SSSR count). The van der Waals surface area contributed by atoms with E-state index in [1.165, 1.54) is 20.8 Å². The minimum absolute atomic E-state index is 0.0870. The van der Waals surface area contributed by atoms with Crippen molar-refractivity contribution >= 4 is 35.2 Å². The van der Waals surface area contributed by atoms with Gasteiger partial charge in [-0.3, -0.25) is 0 Å². The number of hydrogen-bond acceptors (Lipinski definition) is 3. The number of amides is 2. The van der Waals surface area contributed by atoms with Gasteiger partial charge < -0.3 is 0 Å². The van der Waals surface area contributed by atoms with Crippen LogP contribution in [0.2, 0.25) is 0 Å². The van der Waals surface area contributed by atoms with Crippen molar-refractivity contribution in [2.45, 2.75) is 51.7 Å². The van der Waals surface area contributed by atoms with Crippen molar-refractivity contribution in [3.63, 3.8) is 0 Å². The Labute approximate surface area is 229 Å². The second-order valence-corrected chi connectivity index (χ2v) is 15.1. The number of nitrogens with zero attached hydrogens (tertiary/aromatic N) is 2. The maximum absolute atomic E-state index is 13.1. The molecule has 0 aromatic heterocycles. The molecule has 3 aromatic carbocycles. The second-order valence-electron chi connectivity index (χ2n) is 11.1. The van der Waals surface area contributed by atoms with Gasteiger partial charge in [0.25, 0.3) is 0 Å². The van der Waals surface area contributed by atoms with Crippen LogP contribution in [0.1, 0.15) is 40.0 Å².